The lowest BCUT2D eigenvalue weighted by Gasteiger charge is -2.13. The first-order valence-corrected chi connectivity index (χ1v) is 14.3. The van der Waals surface area contributed by atoms with Gasteiger partial charge >= 0.3 is 0 Å². The van der Waals surface area contributed by atoms with Gasteiger partial charge in [-0.3, -0.25) is 0 Å². The number of benzene rings is 5. The number of hydrogen-bond acceptors (Lipinski definition) is 0. The van der Waals surface area contributed by atoms with Crippen molar-refractivity contribution >= 4 is 32.3 Å². The monoisotopic (exact) mass is 480 g/mol. The molecule has 0 amide bonds. The van der Waals surface area contributed by atoms with Crippen molar-refractivity contribution in [3.05, 3.63) is 96.1 Å². The summed E-state index contributed by atoms with van der Waals surface area (Å²) in [6.45, 7) is 20.2. The van der Waals surface area contributed by atoms with Crippen LogP contribution in [0.25, 0.3) is 43.4 Å². The summed E-state index contributed by atoms with van der Waals surface area (Å²) in [4.78, 5) is 0. The van der Waals surface area contributed by atoms with E-state index in [2.05, 4.69) is 98.8 Å². The summed E-state index contributed by atoms with van der Waals surface area (Å²) >= 11 is 0. The Kier molecular flexibility index (Phi) is 14.2. The molecule has 1 aliphatic carbocycles. The Morgan fingerprint density at radius 1 is 0.444 bits per heavy atom. The molecule has 0 N–H and O–H groups in total. The van der Waals surface area contributed by atoms with Crippen molar-refractivity contribution in [2.24, 2.45) is 0 Å². The molecular formula is C36H48. The van der Waals surface area contributed by atoms with Crippen LogP contribution in [-0.2, 0) is 6.42 Å². The van der Waals surface area contributed by atoms with Gasteiger partial charge in [0.25, 0.3) is 0 Å². The molecule has 0 saturated carbocycles. The van der Waals surface area contributed by atoms with E-state index in [1.165, 1.54) is 61.0 Å². The second-order valence-corrected chi connectivity index (χ2v) is 7.65. The number of rotatable bonds is 0. The number of fused-ring (bicyclic) bond motifs is 10. The zero-order valence-corrected chi connectivity index (χ0v) is 24.5. The van der Waals surface area contributed by atoms with Gasteiger partial charge in [0.2, 0.25) is 0 Å². The molecule has 0 nitrogen and oxygen atoms in total. The first-order valence-electron chi connectivity index (χ1n) is 14.3. The van der Waals surface area contributed by atoms with Gasteiger partial charge in [0, 0.05) is 0 Å². The van der Waals surface area contributed by atoms with Gasteiger partial charge in [0.15, 0.2) is 0 Å². The Morgan fingerprint density at radius 3 is 1.36 bits per heavy atom. The van der Waals surface area contributed by atoms with E-state index in [0.29, 0.717) is 0 Å². The minimum atomic E-state index is 1.03. The Morgan fingerprint density at radius 2 is 0.833 bits per heavy atom. The van der Waals surface area contributed by atoms with Crippen molar-refractivity contribution in [1.82, 2.24) is 0 Å². The molecule has 0 atom stereocenters. The van der Waals surface area contributed by atoms with Crippen LogP contribution in [0.2, 0.25) is 0 Å². The topological polar surface area (TPSA) is 0 Å². The molecule has 0 radical (unpaired) electrons. The van der Waals surface area contributed by atoms with Crippen molar-refractivity contribution in [2.45, 2.75) is 82.1 Å². The molecule has 0 spiro atoms. The van der Waals surface area contributed by atoms with Crippen LogP contribution in [0.5, 0.6) is 0 Å². The van der Waals surface area contributed by atoms with Crippen LogP contribution in [0.15, 0.2) is 84.9 Å². The largest absolute Gasteiger partial charge is 0.0683 e. The van der Waals surface area contributed by atoms with E-state index in [0.717, 1.165) is 6.42 Å². The average molecular weight is 481 g/mol. The Hall–Kier alpha value is -3.12. The summed E-state index contributed by atoms with van der Waals surface area (Å²) < 4.78 is 0. The number of hydrogen-bond donors (Lipinski definition) is 0. The van der Waals surface area contributed by atoms with Crippen LogP contribution in [0, 0.1) is 0 Å². The van der Waals surface area contributed by atoms with E-state index in [4.69, 9.17) is 0 Å². The molecule has 6 rings (SSSR count). The summed E-state index contributed by atoms with van der Waals surface area (Å²) in [5.41, 5.74) is 5.74. The maximum absolute atomic E-state index is 2.32. The summed E-state index contributed by atoms with van der Waals surface area (Å²) in [5, 5.41) is 8.25. The van der Waals surface area contributed by atoms with Gasteiger partial charge in [-0.05, 0) is 61.0 Å². The van der Waals surface area contributed by atoms with Crippen molar-refractivity contribution in [1.29, 1.82) is 0 Å². The molecule has 1 aliphatic rings. The lowest BCUT2D eigenvalue weighted by atomic mass is 9.90. The zero-order chi connectivity index (χ0) is 27.1. The predicted octanol–water partition coefficient (Wildman–Crippen LogP) is 12.2. The molecule has 0 heterocycles. The average Bonchev–Trinajstić information content (AvgIpc) is 3.37. The second-order valence-electron chi connectivity index (χ2n) is 7.65. The highest BCUT2D eigenvalue weighted by Gasteiger charge is 2.22. The van der Waals surface area contributed by atoms with E-state index < -0.39 is 0 Å². The highest BCUT2D eigenvalue weighted by Crippen LogP contribution is 2.44. The van der Waals surface area contributed by atoms with Gasteiger partial charge in [-0.1, -0.05) is 161 Å². The molecule has 36 heavy (non-hydrogen) atoms. The third-order valence-electron chi connectivity index (χ3n) is 5.69. The fraction of sp³-hybridized carbons (Fsp3) is 0.333. The van der Waals surface area contributed by atoms with Crippen molar-refractivity contribution in [3.8, 4) is 11.1 Å². The van der Waals surface area contributed by atoms with Crippen molar-refractivity contribution in [2.75, 3.05) is 0 Å². The van der Waals surface area contributed by atoms with Gasteiger partial charge < -0.3 is 0 Å². The first kappa shape index (κ1) is 30.9. The smallest absolute Gasteiger partial charge is 0.000706 e. The van der Waals surface area contributed by atoms with Gasteiger partial charge in [-0.2, -0.15) is 0 Å². The van der Waals surface area contributed by atoms with E-state index in [9.17, 15) is 0 Å². The van der Waals surface area contributed by atoms with Crippen molar-refractivity contribution < 1.29 is 0 Å². The molecule has 0 fully saturated rings. The van der Waals surface area contributed by atoms with Crippen LogP contribution >= 0.6 is 0 Å². The van der Waals surface area contributed by atoms with E-state index in [1.54, 1.807) is 0 Å². The van der Waals surface area contributed by atoms with E-state index in [-0.39, 0.29) is 0 Å². The minimum absolute atomic E-state index is 1.03. The van der Waals surface area contributed by atoms with Crippen LogP contribution in [0.4, 0.5) is 0 Å². The first-order chi connectivity index (χ1) is 17.8. The molecule has 5 aromatic carbocycles. The zero-order valence-electron chi connectivity index (χ0n) is 24.5. The molecule has 0 bridgehead atoms. The molecule has 0 unspecified atom stereocenters. The second kappa shape index (κ2) is 16.5. The summed E-state index contributed by atoms with van der Waals surface area (Å²) in [6, 6.07) is 31.1. The van der Waals surface area contributed by atoms with Gasteiger partial charge in [-0.25, -0.2) is 0 Å². The molecule has 192 valence electrons. The molecule has 5 aromatic rings. The van der Waals surface area contributed by atoms with Crippen LogP contribution in [-0.4, -0.2) is 0 Å². The van der Waals surface area contributed by atoms with Crippen molar-refractivity contribution in [3.63, 3.8) is 0 Å². The van der Waals surface area contributed by atoms with Gasteiger partial charge in [-0.15, -0.1) is 0 Å². The third kappa shape index (κ3) is 6.16. The van der Waals surface area contributed by atoms with Crippen LogP contribution in [0.1, 0.15) is 86.8 Å². The Bertz CT molecular complexity index is 1290. The van der Waals surface area contributed by atoms with E-state index in [1.807, 2.05) is 55.4 Å². The SMILES string of the molecule is CC.CC.CC.CC.CCC.c1ccc2c(c1)Cc1c-2ccc2c3ccccc3c3ccccc3c12. The predicted molar refractivity (Wildman–Crippen MR) is 169 cm³/mol. The minimum Gasteiger partial charge on any atom is -0.0683 e. The molecule has 0 saturated heterocycles. The molecule has 0 heteroatoms. The third-order valence-corrected chi connectivity index (χ3v) is 5.69. The lowest BCUT2D eigenvalue weighted by Crippen LogP contribution is -1.89. The van der Waals surface area contributed by atoms with Gasteiger partial charge in [0.1, 0.15) is 0 Å². The fourth-order valence-corrected chi connectivity index (χ4v) is 4.63. The Labute approximate surface area is 221 Å². The maximum Gasteiger partial charge on any atom is -0.000706 e. The highest BCUT2D eigenvalue weighted by molar-refractivity contribution is 6.27. The summed E-state index contributed by atoms with van der Waals surface area (Å²) in [5.74, 6) is 0. The Balaban J connectivity index is 0.000000523. The summed E-state index contributed by atoms with van der Waals surface area (Å²) in [7, 11) is 0. The molecular weight excluding hydrogens is 432 g/mol. The molecule has 0 aromatic heterocycles. The van der Waals surface area contributed by atoms with E-state index >= 15 is 0 Å². The normalized spacial score (nSPS) is 9.94. The molecule has 0 aliphatic heterocycles. The van der Waals surface area contributed by atoms with Gasteiger partial charge in [0.05, 0.1) is 0 Å². The quantitative estimate of drug-likeness (QED) is 0.190. The highest BCUT2D eigenvalue weighted by atomic mass is 14.2. The maximum atomic E-state index is 2.32. The summed E-state index contributed by atoms with van der Waals surface area (Å²) in [6.07, 6.45) is 2.28. The van der Waals surface area contributed by atoms with Crippen LogP contribution in [0.3, 0.4) is 0 Å². The lowest BCUT2D eigenvalue weighted by molar-refractivity contribution is 1.09. The van der Waals surface area contributed by atoms with Crippen LogP contribution < -0.4 is 0 Å². The standard InChI is InChI=1S/C25H16.C3H8.4C2H6/c1-2-8-17-16(7-1)15-24-21(17)13-14-23-20-11-4-3-9-18(20)19-10-5-6-12-22(19)25(23)24;1-3-2;4*1-2/h1-14H,15H2;3H2,1-2H3;4*1-2H3. The fourth-order valence-electron chi connectivity index (χ4n) is 4.63.